The Morgan fingerprint density at radius 3 is 1.38 bits per heavy atom. The smallest absolute Gasteiger partial charge is 0.161 e. The zero-order valence-corrected chi connectivity index (χ0v) is 34.5. The average Bonchev–Trinajstić information content (AvgIpc) is 3.68. The van der Waals surface area contributed by atoms with Gasteiger partial charge in [-0.05, 0) is 95.4 Å². The van der Waals surface area contributed by atoms with Crippen LogP contribution in [-0.2, 0) is 5.41 Å². The second kappa shape index (κ2) is 15.1. The lowest BCUT2D eigenvalue weighted by molar-refractivity contribution is 0.769. The monoisotopic (exact) mass is 800 g/mol. The molecule has 0 N–H and O–H groups in total. The number of nitrogens with zero attached hydrogens (tertiary/aromatic N) is 2. The number of hydrogen-bond donors (Lipinski definition) is 0. The second-order valence-corrected chi connectivity index (χ2v) is 16.4. The Hall–Kier alpha value is -8.20. The van der Waals surface area contributed by atoms with E-state index in [0.717, 1.165) is 44.4 Å². The molecule has 294 valence electrons. The lowest BCUT2D eigenvalue weighted by Crippen LogP contribution is -2.28. The lowest BCUT2D eigenvalue weighted by Gasteiger charge is -2.34. The Bertz CT molecular complexity index is 3370. The van der Waals surface area contributed by atoms with Crippen LogP contribution in [0.2, 0.25) is 0 Å². The van der Waals surface area contributed by atoms with Crippen molar-refractivity contribution in [1.29, 1.82) is 0 Å². The van der Waals surface area contributed by atoms with Gasteiger partial charge >= 0.3 is 0 Å². The van der Waals surface area contributed by atoms with E-state index in [9.17, 15) is 0 Å². The van der Waals surface area contributed by atoms with Crippen molar-refractivity contribution in [2.75, 3.05) is 0 Å². The van der Waals surface area contributed by atoms with Crippen LogP contribution in [0, 0.1) is 0 Å². The van der Waals surface area contributed by atoms with Crippen molar-refractivity contribution < 1.29 is 0 Å². The molecule has 2 nitrogen and oxygen atoms in total. The van der Waals surface area contributed by atoms with Crippen LogP contribution in [-0.4, -0.2) is 9.97 Å². The van der Waals surface area contributed by atoms with Crippen LogP contribution < -0.4 is 0 Å². The van der Waals surface area contributed by atoms with Crippen molar-refractivity contribution in [2.24, 2.45) is 0 Å². The molecule has 10 aromatic carbocycles. The van der Waals surface area contributed by atoms with Crippen molar-refractivity contribution in [2.45, 2.75) is 5.41 Å². The van der Waals surface area contributed by atoms with Crippen LogP contribution in [0.5, 0.6) is 0 Å². The number of rotatable bonds is 7. The maximum Gasteiger partial charge on any atom is 0.161 e. The quantitative estimate of drug-likeness (QED) is 0.160. The number of benzene rings is 10. The summed E-state index contributed by atoms with van der Waals surface area (Å²) in [6.07, 6.45) is 0. The molecule has 0 aliphatic heterocycles. The molecule has 1 aromatic heterocycles. The van der Waals surface area contributed by atoms with E-state index in [1.165, 1.54) is 60.8 Å². The van der Waals surface area contributed by atoms with Crippen molar-refractivity contribution in [1.82, 2.24) is 9.97 Å². The Morgan fingerprint density at radius 1 is 0.286 bits per heavy atom. The molecule has 0 radical (unpaired) electrons. The summed E-state index contributed by atoms with van der Waals surface area (Å²) in [7, 11) is 0. The molecule has 12 rings (SSSR count). The third-order valence-electron chi connectivity index (χ3n) is 13.0. The van der Waals surface area contributed by atoms with Gasteiger partial charge in [-0.2, -0.15) is 0 Å². The summed E-state index contributed by atoms with van der Waals surface area (Å²) < 4.78 is 0. The molecule has 0 fully saturated rings. The molecule has 0 saturated heterocycles. The first kappa shape index (κ1) is 36.6. The summed E-state index contributed by atoms with van der Waals surface area (Å²) in [6, 6.07) is 87.8. The summed E-state index contributed by atoms with van der Waals surface area (Å²) >= 11 is 0. The predicted molar refractivity (Wildman–Crippen MR) is 262 cm³/mol. The zero-order chi connectivity index (χ0) is 41.7. The Labute approximate surface area is 367 Å². The van der Waals surface area contributed by atoms with Crippen LogP contribution in [0.25, 0.3) is 88.8 Å². The Morgan fingerprint density at radius 2 is 0.762 bits per heavy atom. The molecule has 0 bridgehead atoms. The van der Waals surface area contributed by atoms with E-state index >= 15 is 0 Å². The predicted octanol–water partition coefficient (Wildman–Crippen LogP) is 15.5. The van der Waals surface area contributed by atoms with E-state index < -0.39 is 5.41 Å². The van der Waals surface area contributed by atoms with Gasteiger partial charge in [-0.15, -0.1) is 0 Å². The van der Waals surface area contributed by atoms with Crippen LogP contribution in [0.4, 0.5) is 0 Å². The van der Waals surface area contributed by atoms with E-state index in [4.69, 9.17) is 9.97 Å². The van der Waals surface area contributed by atoms with E-state index in [1.54, 1.807) is 0 Å². The summed E-state index contributed by atoms with van der Waals surface area (Å²) in [6.45, 7) is 0. The van der Waals surface area contributed by atoms with Gasteiger partial charge in [0.1, 0.15) is 0 Å². The molecule has 11 aromatic rings. The number of aromatic nitrogens is 2. The van der Waals surface area contributed by atoms with Gasteiger partial charge in [-0.25, -0.2) is 9.97 Å². The molecule has 1 aliphatic rings. The van der Waals surface area contributed by atoms with Gasteiger partial charge in [0.05, 0.1) is 16.8 Å². The summed E-state index contributed by atoms with van der Waals surface area (Å²) in [5.74, 6) is 0.710. The third kappa shape index (κ3) is 6.02. The number of fused-ring (bicyclic) bond motifs is 6. The van der Waals surface area contributed by atoms with Crippen molar-refractivity contribution in [3.8, 4) is 67.3 Å². The molecular formula is C61H40N2. The third-order valence-corrected chi connectivity index (χ3v) is 13.0. The first-order chi connectivity index (χ1) is 31.2. The molecule has 1 aliphatic carbocycles. The van der Waals surface area contributed by atoms with Crippen LogP contribution in [0.3, 0.4) is 0 Å². The maximum absolute atomic E-state index is 5.19. The minimum atomic E-state index is -0.486. The van der Waals surface area contributed by atoms with Gasteiger partial charge in [0, 0.05) is 16.7 Å². The zero-order valence-electron chi connectivity index (χ0n) is 34.5. The highest BCUT2D eigenvalue weighted by molar-refractivity contribution is 6.06. The Balaban J connectivity index is 0.975. The highest BCUT2D eigenvalue weighted by atomic mass is 14.9. The van der Waals surface area contributed by atoms with E-state index in [1.807, 2.05) is 12.1 Å². The van der Waals surface area contributed by atoms with Gasteiger partial charge < -0.3 is 0 Å². The lowest BCUT2D eigenvalue weighted by atomic mass is 9.67. The molecule has 2 heteroatoms. The molecular weight excluding hydrogens is 761 g/mol. The van der Waals surface area contributed by atoms with Crippen LogP contribution >= 0.6 is 0 Å². The average molecular weight is 801 g/mol. The summed E-state index contributed by atoms with van der Waals surface area (Å²) in [5.41, 5.74) is 16.9. The van der Waals surface area contributed by atoms with Crippen molar-refractivity contribution in [3.05, 3.63) is 265 Å². The highest BCUT2D eigenvalue weighted by Gasteiger charge is 2.46. The molecule has 0 saturated carbocycles. The maximum atomic E-state index is 5.19. The van der Waals surface area contributed by atoms with Crippen LogP contribution in [0.15, 0.2) is 243 Å². The Kier molecular flexibility index (Phi) is 8.76. The van der Waals surface area contributed by atoms with Gasteiger partial charge in [-0.3, -0.25) is 0 Å². The van der Waals surface area contributed by atoms with Crippen LogP contribution in [0.1, 0.15) is 22.3 Å². The molecule has 0 unspecified atom stereocenters. The van der Waals surface area contributed by atoms with Crippen molar-refractivity contribution in [3.63, 3.8) is 0 Å². The first-order valence-corrected chi connectivity index (χ1v) is 21.6. The molecule has 63 heavy (non-hydrogen) atoms. The van der Waals surface area contributed by atoms with Gasteiger partial charge in [-0.1, -0.05) is 224 Å². The fourth-order valence-corrected chi connectivity index (χ4v) is 10.1. The normalized spacial score (nSPS) is 12.6. The van der Waals surface area contributed by atoms with Gasteiger partial charge in [0.15, 0.2) is 5.82 Å². The summed E-state index contributed by atoms with van der Waals surface area (Å²) in [4.78, 5) is 10.4. The molecule has 0 atom stereocenters. The topological polar surface area (TPSA) is 25.8 Å². The SMILES string of the molecule is c1ccc(-c2cc(-c3ccccc3)nc(-c3ccc(-c4ccc(-c5ccc6c(c5)C(c5ccccc5)(c5ccccc5)c5ccc7ccccc7c5-6)cc4)c4ccccc34)n2)cc1. The van der Waals surface area contributed by atoms with E-state index in [-0.39, 0.29) is 0 Å². The van der Waals surface area contributed by atoms with E-state index in [0.29, 0.717) is 5.82 Å². The number of hydrogen-bond acceptors (Lipinski definition) is 2. The van der Waals surface area contributed by atoms with Gasteiger partial charge in [0.2, 0.25) is 0 Å². The second-order valence-electron chi connectivity index (χ2n) is 16.4. The fraction of sp³-hybridized carbons (Fsp3) is 0.0164. The first-order valence-electron chi connectivity index (χ1n) is 21.6. The molecule has 0 amide bonds. The molecule has 1 heterocycles. The van der Waals surface area contributed by atoms with E-state index in [2.05, 4.69) is 231 Å². The van der Waals surface area contributed by atoms with Gasteiger partial charge in [0.25, 0.3) is 0 Å². The standard InChI is InChI=1S/C61H40N2/c1-5-18-44(19-6-1)57-40-58(45-20-7-2-8-21-45)63-60(62-57)53-37-36-49(51-27-15-16-28-52(51)53)43-31-29-41(30-32-43)46-33-35-54-56(39-46)61(47-22-9-3-10-23-47,48-24-11-4-12-25-48)55-38-34-42-17-13-14-26-50(42)59(54)55/h1-40H. The highest BCUT2D eigenvalue weighted by Crippen LogP contribution is 2.58. The fourth-order valence-electron chi connectivity index (χ4n) is 10.1. The molecule has 0 spiro atoms. The largest absolute Gasteiger partial charge is 0.228 e. The summed E-state index contributed by atoms with van der Waals surface area (Å²) in [5, 5.41) is 4.82. The minimum absolute atomic E-state index is 0.486. The van der Waals surface area contributed by atoms with Crippen molar-refractivity contribution >= 4 is 21.5 Å². The minimum Gasteiger partial charge on any atom is -0.228 e.